The molecule has 0 fully saturated rings. The summed E-state index contributed by atoms with van der Waals surface area (Å²) in [6.07, 6.45) is 4.56. The molecule has 2 aromatic carbocycles. The Kier molecular flexibility index (Phi) is 5.06. The van der Waals surface area contributed by atoms with E-state index < -0.39 is 10.0 Å². The number of carbonyl (C=O) groups is 1. The number of fused-ring (bicyclic) bond motifs is 1. The summed E-state index contributed by atoms with van der Waals surface area (Å²) in [5.74, 6) is 0.362. The average Bonchev–Trinajstić information content (AvgIpc) is 2.59. The number of ether oxygens (including phenoxy) is 1. The normalized spacial score (nSPS) is 13.8. The lowest BCUT2D eigenvalue weighted by molar-refractivity contribution is -0.118. The summed E-state index contributed by atoms with van der Waals surface area (Å²) in [5, 5.41) is 7.69. The molecule has 0 radical (unpaired) electrons. The first-order chi connectivity index (χ1) is 11.9. The molecule has 3 N–H and O–H groups in total. The van der Waals surface area contributed by atoms with Crippen LogP contribution in [0.25, 0.3) is 0 Å². The summed E-state index contributed by atoms with van der Waals surface area (Å²) < 4.78 is 28.0. The Bertz CT molecular complexity index is 876. The molecule has 0 bridgehead atoms. The fourth-order valence-electron chi connectivity index (χ4n) is 2.87. The van der Waals surface area contributed by atoms with E-state index in [1.54, 1.807) is 0 Å². The van der Waals surface area contributed by atoms with Crippen molar-refractivity contribution in [3.05, 3.63) is 53.6 Å². The van der Waals surface area contributed by atoms with Gasteiger partial charge in [0.2, 0.25) is 10.0 Å². The first-order valence-electron chi connectivity index (χ1n) is 8.09. The summed E-state index contributed by atoms with van der Waals surface area (Å²) in [6.45, 7) is -0.115. The Balaban J connectivity index is 1.56. The fourth-order valence-corrected chi connectivity index (χ4v) is 3.39. The van der Waals surface area contributed by atoms with Gasteiger partial charge in [-0.3, -0.25) is 4.79 Å². The number of anilines is 1. The molecular weight excluding hydrogens is 340 g/mol. The summed E-state index contributed by atoms with van der Waals surface area (Å²) in [6, 6.07) is 11.6. The highest BCUT2D eigenvalue weighted by Crippen LogP contribution is 2.25. The maximum Gasteiger partial charge on any atom is 0.262 e. The van der Waals surface area contributed by atoms with Crippen molar-refractivity contribution >= 4 is 21.6 Å². The molecule has 0 aliphatic heterocycles. The molecule has 0 atom stereocenters. The lowest BCUT2D eigenvalue weighted by Crippen LogP contribution is -2.20. The zero-order valence-corrected chi connectivity index (χ0v) is 14.5. The second kappa shape index (κ2) is 7.25. The van der Waals surface area contributed by atoms with Crippen molar-refractivity contribution in [3.63, 3.8) is 0 Å². The van der Waals surface area contributed by atoms with Crippen LogP contribution in [0.1, 0.15) is 24.0 Å². The molecule has 7 heteroatoms. The third kappa shape index (κ3) is 4.58. The molecule has 0 heterocycles. The highest BCUT2D eigenvalue weighted by molar-refractivity contribution is 7.89. The molecule has 0 unspecified atom stereocenters. The number of hydrogen-bond acceptors (Lipinski definition) is 4. The Hall–Kier alpha value is -2.38. The second-order valence-electron chi connectivity index (χ2n) is 6.04. The van der Waals surface area contributed by atoms with Gasteiger partial charge in [0.05, 0.1) is 4.90 Å². The molecule has 0 spiro atoms. The van der Waals surface area contributed by atoms with Crippen LogP contribution in [0, 0.1) is 0 Å². The molecule has 132 valence electrons. The third-order valence-electron chi connectivity index (χ3n) is 4.16. The number of primary sulfonamides is 1. The molecule has 6 nitrogen and oxygen atoms in total. The lowest BCUT2D eigenvalue weighted by Gasteiger charge is -2.16. The van der Waals surface area contributed by atoms with E-state index >= 15 is 0 Å². The highest BCUT2D eigenvalue weighted by atomic mass is 32.2. The van der Waals surface area contributed by atoms with E-state index in [2.05, 4.69) is 11.4 Å². The van der Waals surface area contributed by atoms with Gasteiger partial charge in [-0.1, -0.05) is 6.07 Å². The van der Waals surface area contributed by atoms with E-state index in [4.69, 9.17) is 9.88 Å². The standard InChI is InChI=1S/C18H20N2O4S/c19-25(22,23)17-9-6-15(7-10-17)20-18(21)12-24-16-8-5-13-3-1-2-4-14(13)11-16/h5-11H,1-4,12H2,(H,20,21)(H2,19,22,23). The van der Waals surface area contributed by atoms with Crippen molar-refractivity contribution in [2.24, 2.45) is 5.14 Å². The van der Waals surface area contributed by atoms with Crippen LogP contribution in [-0.2, 0) is 27.7 Å². The predicted molar refractivity (Wildman–Crippen MR) is 95.0 cm³/mol. The van der Waals surface area contributed by atoms with Gasteiger partial charge in [-0.15, -0.1) is 0 Å². The molecule has 25 heavy (non-hydrogen) atoms. The van der Waals surface area contributed by atoms with Crippen LogP contribution in [0.2, 0.25) is 0 Å². The zero-order chi connectivity index (χ0) is 17.9. The Morgan fingerprint density at radius 1 is 1.04 bits per heavy atom. The molecule has 0 saturated heterocycles. The van der Waals surface area contributed by atoms with E-state index in [1.807, 2.05) is 12.1 Å². The van der Waals surface area contributed by atoms with E-state index in [0.29, 0.717) is 11.4 Å². The van der Waals surface area contributed by atoms with Gasteiger partial charge < -0.3 is 10.1 Å². The largest absolute Gasteiger partial charge is 0.484 e. The average molecular weight is 360 g/mol. The maximum atomic E-state index is 12.0. The van der Waals surface area contributed by atoms with Crippen LogP contribution in [0.5, 0.6) is 5.75 Å². The van der Waals surface area contributed by atoms with Crippen molar-refractivity contribution in [1.82, 2.24) is 0 Å². The third-order valence-corrected chi connectivity index (χ3v) is 5.09. The summed E-state index contributed by atoms with van der Waals surface area (Å²) in [4.78, 5) is 12.0. The number of sulfonamides is 1. The van der Waals surface area contributed by atoms with Gasteiger partial charge in [0.1, 0.15) is 5.75 Å². The quantitative estimate of drug-likeness (QED) is 0.854. The lowest BCUT2D eigenvalue weighted by atomic mass is 9.92. The van der Waals surface area contributed by atoms with Crippen LogP contribution in [0.3, 0.4) is 0 Å². The Morgan fingerprint density at radius 2 is 1.72 bits per heavy atom. The Morgan fingerprint density at radius 3 is 2.40 bits per heavy atom. The van der Waals surface area contributed by atoms with E-state index in [9.17, 15) is 13.2 Å². The monoisotopic (exact) mass is 360 g/mol. The van der Waals surface area contributed by atoms with Crippen LogP contribution in [0.15, 0.2) is 47.4 Å². The zero-order valence-electron chi connectivity index (χ0n) is 13.7. The topological polar surface area (TPSA) is 98.5 Å². The van der Waals surface area contributed by atoms with Crippen molar-refractivity contribution in [3.8, 4) is 5.75 Å². The van der Waals surface area contributed by atoms with Crippen LogP contribution in [0.4, 0.5) is 5.69 Å². The summed E-state index contributed by atoms with van der Waals surface area (Å²) in [5.41, 5.74) is 3.13. The number of aryl methyl sites for hydroxylation is 2. The van der Waals surface area contributed by atoms with E-state index in [0.717, 1.165) is 12.8 Å². The Labute approximate surface area is 147 Å². The number of carbonyl (C=O) groups excluding carboxylic acids is 1. The van der Waals surface area contributed by atoms with Gasteiger partial charge in [0.15, 0.2) is 6.61 Å². The number of rotatable bonds is 5. The summed E-state index contributed by atoms with van der Waals surface area (Å²) in [7, 11) is -3.74. The molecular formula is C18H20N2O4S. The predicted octanol–water partition coefficient (Wildman–Crippen LogP) is 2.23. The van der Waals surface area contributed by atoms with Gasteiger partial charge in [-0.05, 0) is 73.2 Å². The van der Waals surface area contributed by atoms with Gasteiger partial charge >= 0.3 is 0 Å². The molecule has 3 rings (SSSR count). The number of benzene rings is 2. The smallest absolute Gasteiger partial charge is 0.262 e. The van der Waals surface area contributed by atoms with Crippen molar-refractivity contribution in [2.45, 2.75) is 30.6 Å². The van der Waals surface area contributed by atoms with Crippen molar-refractivity contribution in [2.75, 3.05) is 11.9 Å². The minimum absolute atomic E-state index is 0.00388. The summed E-state index contributed by atoms with van der Waals surface area (Å²) >= 11 is 0. The highest BCUT2D eigenvalue weighted by Gasteiger charge is 2.11. The molecule has 1 aliphatic rings. The first-order valence-corrected chi connectivity index (χ1v) is 9.64. The van der Waals surface area contributed by atoms with E-state index in [1.165, 1.54) is 48.2 Å². The fraction of sp³-hybridized carbons (Fsp3) is 0.278. The van der Waals surface area contributed by atoms with Gasteiger partial charge in [-0.25, -0.2) is 13.6 Å². The minimum atomic E-state index is -3.74. The van der Waals surface area contributed by atoms with Crippen LogP contribution in [-0.4, -0.2) is 20.9 Å². The van der Waals surface area contributed by atoms with E-state index in [-0.39, 0.29) is 17.4 Å². The number of nitrogens with two attached hydrogens (primary N) is 1. The second-order valence-corrected chi connectivity index (χ2v) is 7.61. The number of nitrogens with one attached hydrogen (secondary N) is 1. The minimum Gasteiger partial charge on any atom is -0.484 e. The van der Waals surface area contributed by atoms with Gasteiger partial charge in [-0.2, -0.15) is 0 Å². The van der Waals surface area contributed by atoms with Gasteiger partial charge in [0.25, 0.3) is 5.91 Å². The first kappa shape index (κ1) is 17.4. The van der Waals surface area contributed by atoms with Crippen molar-refractivity contribution in [1.29, 1.82) is 0 Å². The molecule has 0 aromatic heterocycles. The SMILES string of the molecule is NS(=O)(=O)c1ccc(NC(=O)COc2ccc3c(c2)CCCC3)cc1. The maximum absolute atomic E-state index is 12.0. The number of amides is 1. The number of hydrogen-bond donors (Lipinski definition) is 2. The molecule has 1 aliphatic carbocycles. The van der Waals surface area contributed by atoms with Gasteiger partial charge in [0, 0.05) is 5.69 Å². The molecule has 0 saturated carbocycles. The van der Waals surface area contributed by atoms with Crippen molar-refractivity contribution < 1.29 is 17.9 Å². The van der Waals surface area contributed by atoms with Crippen LogP contribution >= 0.6 is 0 Å². The van der Waals surface area contributed by atoms with Crippen LogP contribution < -0.4 is 15.2 Å². The molecule has 1 amide bonds. The molecule has 2 aromatic rings.